The normalized spacial score (nSPS) is 24.8. The minimum atomic E-state index is 0.184. The van der Waals surface area contributed by atoms with Crippen LogP contribution in [0, 0.1) is 11.3 Å². The van der Waals surface area contributed by atoms with Crippen LogP contribution in [0.4, 0.5) is 0 Å². The summed E-state index contributed by atoms with van der Waals surface area (Å²) in [5.74, 6) is 0.845. The highest BCUT2D eigenvalue weighted by atomic mass is 16.3. The van der Waals surface area contributed by atoms with E-state index in [2.05, 4.69) is 50.4 Å². The number of hydrogen-bond donors (Lipinski definition) is 2. The quantitative estimate of drug-likeness (QED) is 0.864. The molecule has 2 heteroatoms. The zero-order valence-corrected chi connectivity index (χ0v) is 13.8. The van der Waals surface area contributed by atoms with Gasteiger partial charge in [0.15, 0.2) is 0 Å². The fourth-order valence-electron chi connectivity index (χ4n) is 3.53. The summed E-state index contributed by atoms with van der Waals surface area (Å²) in [6.07, 6.45) is 6.02. The molecule has 21 heavy (non-hydrogen) atoms. The van der Waals surface area contributed by atoms with Gasteiger partial charge in [0.1, 0.15) is 0 Å². The Labute approximate surface area is 130 Å². The number of rotatable bonds is 5. The van der Waals surface area contributed by atoms with Crippen molar-refractivity contribution in [1.29, 1.82) is 0 Å². The molecule has 2 N–H and O–H groups in total. The van der Waals surface area contributed by atoms with Gasteiger partial charge in [0, 0.05) is 12.1 Å². The minimum Gasteiger partial charge on any atom is -0.395 e. The molecule has 2 nitrogen and oxygen atoms in total. The molecule has 1 aromatic carbocycles. The summed E-state index contributed by atoms with van der Waals surface area (Å²) in [5.41, 5.74) is 1.73. The van der Waals surface area contributed by atoms with E-state index in [-0.39, 0.29) is 12.6 Å². The predicted octanol–water partition coefficient (Wildman–Crippen LogP) is 3.78. The average Bonchev–Trinajstić information content (AvgIpc) is 2.47. The third-order valence-electron chi connectivity index (χ3n) is 4.97. The first-order chi connectivity index (χ1) is 9.99. The van der Waals surface area contributed by atoms with E-state index in [0.717, 1.165) is 12.3 Å². The monoisotopic (exact) mass is 289 g/mol. The van der Waals surface area contributed by atoms with Crippen molar-refractivity contribution in [3.63, 3.8) is 0 Å². The molecule has 2 rings (SSSR count). The van der Waals surface area contributed by atoms with Crippen molar-refractivity contribution in [2.24, 2.45) is 11.3 Å². The van der Waals surface area contributed by atoms with E-state index in [1.807, 2.05) is 6.07 Å². The van der Waals surface area contributed by atoms with E-state index in [1.54, 1.807) is 0 Å². The SMILES string of the molecule is CC(C)(C)C1CCC(NC(CO)Cc2ccccc2)CC1. The molecule has 0 saturated heterocycles. The van der Waals surface area contributed by atoms with Crippen LogP contribution in [0.15, 0.2) is 30.3 Å². The molecule has 1 fully saturated rings. The minimum absolute atomic E-state index is 0.184. The van der Waals surface area contributed by atoms with Gasteiger partial charge in [-0.1, -0.05) is 51.1 Å². The highest BCUT2D eigenvalue weighted by Crippen LogP contribution is 2.37. The lowest BCUT2D eigenvalue weighted by Crippen LogP contribution is -2.44. The molecule has 0 amide bonds. The van der Waals surface area contributed by atoms with Crippen molar-refractivity contribution in [3.05, 3.63) is 35.9 Å². The van der Waals surface area contributed by atoms with Crippen molar-refractivity contribution in [2.75, 3.05) is 6.61 Å². The van der Waals surface area contributed by atoms with E-state index >= 15 is 0 Å². The van der Waals surface area contributed by atoms with Crippen LogP contribution in [0.1, 0.15) is 52.0 Å². The Morgan fingerprint density at radius 1 is 1.10 bits per heavy atom. The van der Waals surface area contributed by atoms with Crippen molar-refractivity contribution < 1.29 is 5.11 Å². The van der Waals surface area contributed by atoms with Crippen LogP contribution in [0.25, 0.3) is 0 Å². The summed E-state index contributed by atoms with van der Waals surface area (Å²) in [5, 5.41) is 13.3. The molecular weight excluding hydrogens is 258 g/mol. The van der Waals surface area contributed by atoms with E-state index in [9.17, 15) is 5.11 Å². The zero-order chi connectivity index (χ0) is 15.3. The van der Waals surface area contributed by atoms with Crippen LogP contribution in [0.2, 0.25) is 0 Å². The molecule has 1 aromatic rings. The standard InChI is InChI=1S/C19H31NO/c1-19(2,3)16-9-11-17(12-10-16)20-18(14-21)13-15-7-5-4-6-8-15/h4-8,16-18,20-21H,9-14H2,1-3H3. The first kappa shape index (κ1) is 16.5. The molecule has 0 spiro atoms. The van der Waals surface area contributed by atoms with Crippen LogP contribution in [-0.4, -0.2) is 23.8 Å². The maximum atomic E-state index is 9.64. The number of aliphatic hydroxyl groups excluding tert-OH is 1. The largest absolute Gasteiger partial charge is 0.395 e. The molecule has 1 unspecified atom stereocenters. The predicted molar refractivity (Wildman–Crippen MR) is 89.4 cm³/mol. The molecule has 1 aliphatic rings. The number of aliphatic hydroxyl groups is 1. The Morgan fingerprint density at radius 3 is 2.24 bits per heavy atom. The van der Waals surface area contributed by atoms with Gasteiger partial charge in [-0.2, -0.15) is 0 Å². The summed E-state index contributed by atoms with van der Waals surface area (Å²) in [4.78, 5) is 0. The second-order valence-electron chi connectivity index (χ2n) is 7.65. The van der Waals surface area contributed by atoms with Gasteiger partial charge in [0.25, 0.3) is 0 Å². The van der Waals surface area contributed by atoms with Crippen molar-refractivity contribution in [1.82, 2.24) is 5.32 Å². The highest BCUT2D eigenvalue weighted by Gasteiger charge is 2.30. The summed E-state index contributed by atoms with van der Waals surface area (Å²) in [6, 6.07) is 11.2. The van der Waals surface area contributed by atoms with E-state index in [0.29, 0.717) is 11.5 Å². The molecule has 0 bridgehead atoms. The van der Waals surface area contributed by atoms with E-state index in [1.165, 1.54) is 31.2 Å². The van der Waals surface area contributed by atoms with Gasteiger partial charge in [-0.25, -0.2) is 0 Å². The fourth-order valence-corrected chi connectivity index (χ4v) is 3.53. The van der Waals surface area contributed by atoms with Gasteiger partial charge in [-0.15, -0.1) is 0 Å². The second kappa shape index (κ2) is 7.42. The molecule has 0 heterocycles. The molecule has 0 aliphatic heterocycles. The Bertz CT molecular complexity index is 401. The van der Waals surface area contributed by atoms with Gasteiger partial charge in [0.05, 0.1) is 6.61 Å². The number of nitrogens with one attached hydrogen (secondary N) is 1. The third kappa shape index (κ3) is 5.12. The Morgan fingerprint density at radius 2 is 1.71 bits per heavy atom. The van der Waals surface area contributed by atoms with Gasteiger partial charge >= 0.3 is 0 Å². The molecule has 1 aliphatic carbocycles. The first-order valence-electron chi connectivity index (χ1n) is 8.40. The molecule has 0 radical (unpaired) electrons. The maximum Gasteiger partial charge on any atom is 0.0587 e. The summed E-state index contributed by atoms with van der Waals surface area (Å²) in [6.45, 7) is 7.29. The van der Waals surface area contributed by atoms with Gasteiger partial charge < -0.3 is 10.4 Å². The number of benzene rings is 1. The average molecular weight is 289 g/mol. The third-order valence-corrected chi connectivity index (χ3v) is 4.97. The molecule has 0 aromatic heterocycles. The summed E-state index contributed by atoms with van der Waals surface area (Å²) < 4.78 is 0. The fraction of sp³-hybridized carbons (Fsp3) is 0.684. The highest BCUT2D eigenvalue weighted by molar-refractivity contribution is 5.16. The zero-order valence-electron chi connectivity index (χ0n) is 13.8. The van der Waals surface area contributed by atoms with Crippen LogP contribution in [0.3, 0.4) is 0 Å². The van der Waals surface area contributed by atoms with Crippen LogP contribution in [0.5, 0.6) is 0 Å². The summed E-state index contributed by atoms with van der Waals surface area (Å²) in [7, 11) is 0. The molecule has 1 atom stereocenters. The van der Waals surface area contributed by atoms with Crippen LogP contribution in [-0.2, 0) is 6.42 Å². The Balaban J connectivity index is 1.81. The Hall–Kier alpha value is -0.860. The lowest BCUT2D eigenvalue weighted by molar-refractivity contribution is 0.147. The summed E-state index contributed by atoms with van der Waals surface area (Å²) >= 11 is 0. The van der Waals surface area contributed by atoms with Crippen LogP contribution < -0.4 is 5.32 Å². The van der Waals surface area contributed by atoms with Gasteiger partial charge in [-0.05, 0) is 49.0 Å². The molecule has 1 saturated carbocycles. The lowest BCUT2D eigenvalue weighted by Gasteiger charge is -2.38. The maximum absolute atomic E-state index is 9.64. The van der Waals surface area contributed by atoms with Crippen molar-refractivity contribution in [2.45, 2.75) is 65.0 Å². The van der Waals surface area contributed by atoms with E-state index < -0.39 is 0 Å². The lowest BCUT2D eigenvalue weighted by atomic mass is 9.71. The second-order valence-corrected chi connectivity index (χ2v) is 7.65. The van der Waals surface area contributed by atoms with Crippen molar-refractivity contribution >= 4 is 0 Å². The molecular formula is C19H31NO. The smallest absolute Gasteiger partial charge is 0.0587 e. The van der Waals surface area contributed by atoms with Crippen molar-refractivity contribution in [3.8, 4) is 0 Å². The first-order valence-corrected chi connectivity index (χ1v) is 8.40. The van der Waals surface area contributed by atoms with Gasteiger partial charge in [0.2, 0.25) is 0 Å². The van der Waals surface area contributed by atoms with E-state index in [4.69, 9.17) is 0 Å². The van der Waals surface area contributed by atoms with Crippen LogP contribution >= 0.6 is 0 Å². The topological polar surface area (TPSA) is 32.3 Å². The van der Waals surface area contributed by atoms with Gasteiger partial charge in [-0.3, -0.25) is 0 Å². The Kier molecular flexibility index (Phi) is 5.83. The number of hydrogen-bond acceptors (Lipinski definition) is 2. The molecule has 118 valence electrons.